The van der Waals surface area contributed by atoms with Gasteiger partial charge in [0.2, 0.25) is 5.91 Å². The van der Waals surface area contributed by atoms with Crippen molar-refractivity contribution in [2.24, 2.45) is 0 Å². The van der Waals surface area contributed by atoms with E-state index in [-0.39, 0.29) is 17.4 Å². The van der Waals surface area contributed by atoms with E-state index >= 15 is 0 Å². The number of ketones is 1. The SMILES string of the molecule is Cc1cc(C)n2c(SCC(=O)c3ccc(N4CCCC4=O)cc3)nnc2n1. The van der Waals surface area contributed by atoms with E-state index in [4.69, 9.17) is 0 Å². The third-order valence-electron chi connectivity index (χ3n) is 4.57. The number of aryl methyl sites for hydroxylation is 2. The highest BCUT2D eigenvalue weighted by Gasteiger charge is 2.21. The normalized spacial score (nSPS) is 14.3. The Morgan fingerprint density at radius 1 is 1.19 bits per heavy atom. The molecular formula is C19H19N5O2S. The maximum absolute atomic E-state index is 12.5. The van der Waals surface area contributed by atoms with Gasteiger partial charge >= 0.3 is 0 Å². The van der Waals surface area contributed by atoms with Crippen molar-refractivity contribution in [2.75, 3.05) is 17.2 Å². The second-order valence-electron chi connectivity index (χ2n) is 6.56. The zero-order valence-electron chi connectivity index (χ0n) is 15.2. The third-order valence-corrected chi connectivity index (χ3v) is 5.50. The molecular weight excluding hydrogens is 362 g/mol. The molecule has 1 aromatic carbocycles. The average Bonchev–Trinajstić information content (AvgIpc) is 3.26. The van der Waals surface area contributed by atoms with Crippen LogP contribution in [0.1, 0.15) is 34.6 Å². The molecule has 0 atom stereocenters. The van der Waals surface area contributed by atoms with Crippen LogP contribution in [0.4, 0.5) is 5.69 Å². The largest absolute Gasteiger partial charge is 0.312 e. The van der Waals surface area contributed by atoms with Crippen molar-refractivity contribution in [1.29, 1.82) is 0 Å². The molecule has 27 heavy (non-hydrogen) atoms. The first-order valence-electron chi connectivity index (χ1n) is 8.79. The van der Waals surface area contributed by atoms with Crippen LogP contribution in [-0.2, 0) is 4.79 Å². The van der Waals surface area contributed by atoms with E-state index in [1.165, 1.54) is 11.8 Å². The fourth-order valence-electron chi connectivity index (χ4n) is 3.26. The molecule has 7 nitrogen and oxygen atoms in total. The van der Waals surface area contributed by atoms with Gasteiger partial charge in [0.15, 0.2) is 10.9 Å². The van der Waals surface area contributed by atoms with Gasteiger partial charge in [-0.2, -0.15) is 0 Å². The lowest BCUT2D eigenvalue weighted by atomic mass is 10.1. The Morgan fingerprint density at radius 3 is 2.67 bits per heavy atom. The van der Waals surface area contributed by atoms with Gasteiger partial charge in [-0.1, -0.05) is 11.8 Å². The summed E-state index contributed by atoms with van der Waals surface area (Å²) >= 11 is 1.34. The van der Waals surface area contributed by atoms with E-state index in [9.17, 15) is 9.59 Å². The summed E-state index contributed by atoms with van der Waals surface area (Å²) in [5.74, 6) is 0.953. The summed E-state index contributed by atoms with van der Waals surface area (Å²) in [5.41, 5.74) is 3.34. The van der Waals surface area contributed by atoms with Crippen molar-refractivity contribution in [2.45, 2.75) is 31.8 Å². The van der Waals surface area contributed by atoms with E-state index in [0.29, 0.717) is 22.9 Å². The Bertz CT molecular complexity index is 1030. The molecule has 0 unspecified atom stereocenters. The minimum Gasteiger partial charge on any atom is -0.312 e. The summed E-state index contributed by atoms with van der Waals surface area (Å²) in [6.07, 6.45) is 1.48. The first-order valence-corrected chi connectivity index (χ1v) is 9.77. The number of hydrogen-bond donors (Lipinski definition) is 0. The first-order chi connectivity index (χ1) is 13.0. The fraction of sp³-hybridized carbons (Fsp3) is 0.316. The zero-order valence-corrected chi connectivity index (χ0v) is 16.0. The molecule has 2 aromatic heterocycles. The van der Waals surface area contributed by atoms with Crippen LogP contribution in [0.25, 0.3) is 5.78 Å². The lowest BCUT2D eigenvalue weighted by molar-refractivity contribution is -0.117. The molecule has 1 aliphatic heterocycles. The molecule has 138 valence electrons. The fourth-order valence-corrected chi connectivity index (χ4v) is 4.14. The molecule has 0 spiro atoms. The van der Waals surface area contributed by atoms with Crippen molar-refractivity contribution in [3.8, 4) is 0 Å². The summed E-state index contributed by atoms with van der Waals surface area (Å²) < 4.78 is 1.85. The molecule has 0 radical (unpaired) electrons. The summed E-state index contributed by atoms with van der Waals surface area (Å²) in [5, 5.41) is 8.90. The second-order valence-corrected chi connectivity index (χ2v) is 7.51. The minimum absolute atomic E-state index is 0.00812. The van der Waals surface area contributed by atoms with E-state index in [0.717, 1.165) is 30.0 Å². The Hall–Kier alpha value is -2.74. The third kappa shape index (κ3) is 3.44. The van der Waals surface area contributed by atoms with Crippen LogP contribution >= 0.6 is 11.8 Å². The highest BCUT2D eigenvalue weighted by atomic mass is 32.2. The van der Waals surface area contributed by atoms with Gasteiger partial charge in [0.05, 0.1) is 5.75 Å². The number of benzene rings is 1. The van der Waals surface area contributed by atoms with Crippen LogP contribution in [0.5, 0.6) is 0 Å². The van der Waals surface area contributed by atoms with Crippen LogP contribution in [0.2, 0.25) is 0 Å². The monoisotopic (exact) mass is 381 g/mol. The minimum atomic E-state index is 0.00812. The van der Waals surface area contributed by atoms with Crippen molar-refractivity contribution in [1.82, 2.24) is 19.6 Å². The van der Waals surface area contributed by atoms with Crippen LogP contribution in [0.15, 0.2) is 35.5 Å². The summed E-state index contributed by atoms with van der Waals surface area (Å²) in [6, 6.07) is 9.19. The standard InChI is InChI=1S/C19H19N5O2S/c1-12-10-13(2)24-18(20-12)21-22-19(24)27-11-16(25)14-5-7-15(8-6-14)23-9-3-4-17(23)26/h5-8,10H,3-4,9,11H2,1-2H3. The number of hydrogen-bond acceptors (Lipinski definition) is 6. The van der Waals surface area contributed by atoms with Crippen molar-refractivity contribution < 1.29 is 9.59 Å². The molecule has 1 aliphatic rings. The van der Waals surface area contributed by atoms with Gasteiger partial charge in [0, 0.05) is 35.6 Å². The van der Waals surface area contributed by atoms with Crippen molar-refractivity contribution in [3.63, 3.8) is 0 Å². The number of nitrogens with zero attached hydrogens (tertiary/aromatic N) is 5. The van der Waals surface area contributed by atoms with Gasteiger partial charge in [-0.15, -0.1) is 10.2 Å². The lowest BCUT2D eigenvalue weighted by Crippen LogP contribution is -2.23. The van der Waals surface area contributed by atoms with E-state index < -0.39 is 0 Å². The van der Waals surface area contributed by atoms with Gasteiger partial charge in [0.1, 0.15) is 0 Å². The van der Waals surface area contributed by atoms with Crippen LogP contribution in [-0.4, -0.2) is 43.6 Å². The van der Waals surface area contributed by atoms with Crippen LogP contribution < -0.4 is 4.90 Å². The Balaban J connectivity index is 1.46. The number of rotatable bonds is 5. The molecule has 4 rings (SSSR count). The molecule has 3 aromatic rings. The summed E-state index contributed by atoms with van der Waals surface area (Å²) in [4.78, 5) is 30.5. The van der Waals surface area contributed by atoms with Crippen molar-refractivity contribution in [3.05, 3.63) is 47.3 Å². The maximum atomic E-state index is 12.5. The quantitative estimate of drug-likeness (QED) is 0.499. The Morgan fingerprint density at radius 2 is 1.96 bits per heavy atom. The molecule has 8 heteroatoms. The number of amides is 1. The van der Waals surface area contributed by atoms with E-state index in [1.807, 2.05) is 36.4 Å². The molecule has 1 fully saturated rings. The molecule has 3 heterocycles. The summed E-state index contributed by atoms with van der Waals surface area (Å²) in [6.45, 7) is 4.63. The predicted octanol–water partition coefficient (Wildman–Crippen LogP) is 2.84. The van der Waals surface area contributed by atoms with Gasteiger partial charge in [-0.3, -0.25) is 14.0 Å². The predicted molar refractivity (Wildman–Crippen MR) is 103 cm³/mol. The Kier molecular flexibility index (Phi) is 4.65. The summed E-state index contributed by atoms with van der Waals surface area (Å²) in [7, 11) is 0. The molecule has 0 aliphatic carbocycles. The van der Waals surface area contributed by atoms with E-state index in [2.05, 4.69) is 15.2 Å². The van der Waals surface area contributed by atoms with Gasteiger partial charge in [-0.25, -0.2) is 4.98 Å². The lowest BCUT2D eigenvalue weighted by Gasteiger charge is -2.15. The topological polar surface area (TPSA) is 80.5 Å². The molecule has 1 saturated heterocycles. The highest BCUT2D eigenvalue weighted by Crippen LogP contribution is 2.23. The van der Waals surface area contributed by atoms with Gasteiger partial charge in [0.25, 0.3) is 5.78 Å². The van der Waals surface area contributed by atoms with Gasteiger partial charge in [-0.05, 0) is 50.6 Å². The van der Waals surface area contributed by atoms with Crippen LogP contribution in [0, 0.1) is 13.8 Å². The van der Waals surface area contributed by atoms with Crippen LogP contribution in [0.3, 0.4) is 0 Å². The average molecular weight is 381 g/mol. The van der Waals surface area contributed by atoms with E-state index in [1.54, 1.807) is 17.0 Å². The number of thioether (sulfide) groups is 1. The number of aromatic nitrogens is 4. The number of anilines is 1. The Labute approximate surface area is 160 Å². The zero-order chi connectivity index (χ0) is 19.0. The number of carbonyl (C=O) groups is 2. The smallest absolute Gasteiger partial charge is 0.256 e. The van der Waals surface area contributed by atoms with Crippen molar-refractivity contribution >= 4 is 34.9 Å². The van der Waals surface area contributed by atoms with Gasteiger partial charge < -0.3 is 4.90 Å². The number of carbonyl (C=O) groups excluding carboxylic acids is 2. The number of fused-ring (bicyclic) bond motifs is 1. The first kappa shape index (κ1) is 17.7. The molecule has 0 bridgehead atoms. The maximum Gasteiger partial charge on any atom is 0.256 e. The molecule has 0 saturated carbocycles. The number of Topliss-reactive ketones (excluding diaryl/α,β-unsaturated/α-hetero) is 1. The molecule has 1 amide bonds. The highest BCUT2D eigenvalue weighted by molar-refractivity contribution is 7.99. The molecule has 0 N–H and O–H groups in total. The second kappa shape index (κ2) is 7.11.